The molecular formula is C12H22N2O3. The Morgan fingerprint density at radius 2 is 1.82 bits per heavy atom. The zero-order chi connectivity index (χ0) is 13.1. The number of amides is 1. The van der Waals surface area contributed by atoms with Crippen molar-refractivity contribution in [1.29, 1.82) is 0 Å². The Hall–Kier alpha value is -1.10. The van der Waals surface area contributed by atoms with Gasteiger partial charge in [0.05, 0.1) is 6.61 Å². The summed E-state index contributed by atoms with van der Waals surface area (Å²) in [6.07, 6.45) is 3.32. The largest absolute Gasteiger partial charge is 0.459 e. The SMILES string of the molecule is CCOC(=O)C(=O)N(C)CC1(N(C)C)CCC1. The summed E-state index contributed by atoms with van der Waals surface area (Å²) in [7, 11) is 5.69. The summed E-state index contributed by atoms with van der Waals surface area (Å²) < 4.78 is 4.71. The number of nitrogens with zero attached hydrogens (tertiary/aromatic N) is 2. The van der Waals surface area contributed by atoms with Gasteiger partial charge in [0.25, 0.3) is 0 Å². The molecule has 1 fully saturated rings. The number of hydrogen-bond acceptors (Lipinski definition) is 4. The molecule has 0 radical (unpaired) electrons. The molecule has 0 heterocycles. The van der Waals surface area contributed by atoms with Crippen molar-refractivity contribution in [2.75, 3.05) is 34.3 Å². The lowest BCUT2D eigenvalue weighted by molar-refractivity contribution is -0.160. The quantitative estimate of drug-likeness (QED) is 0.532. The number of carbonyl (C=O) groups excluding carboxylic acids is 2. The molecule has 0 atom stereocenters. The first-order chi connectivity index (χ1) is 7.93. The molecule has 0 aliphatic heterocycles. The van der Waals surface area contributed by atoms with E-state index in [0.717, 1.165) is 12.8 Å². The number of carbonyl (C=O) groups is 2. The van der Waals surface area contributed by atoms with Gasteiger partial charge in [-0.2, -0.15) is 0 Å². The fraction of sp³-hybridized carbons (Fsp3) is 0.833. The van der Waals surface area contributed by atoms with Crippen molar-refractivity contribution < 1.29 is 14.3 Å². The molecule has 0 spiro atoms. The van der Waals surface area contributed by atoms with Crippen molar-refractivity contribution in [2.45, 2.75) is 31.7 Å². The van der Waals surface area contributed by atoms with E-state index in [1.165, 1.54) is 11.3 Å². The van der Waals surface area contributed by atoms with Crippen LogP contribution >= 0.6 is 0 Å². The van der Waals surface area contributed by atoms with Crippen molar-refractivity contribution in [3.63, 3.8) is 0 Å². The molecule has 0 aromatic rings. The van der Waals surface area contributed by atoms with E-state index in [1.54, 1.807) is 14.0 Å². The van der Waals surface area contributed by atoms with Crippen molar-refractivity contribution in [1.82, 2.24) is 9.80 Å². The third-order valence-electron chi connectivity index (χ3n) is 3.56. The molecule has 17 heavy (non-hydrogen) atoms. The van der Waals surface area contributed by atoms with E-state index < -0.39 is 11.9 Å². The van der Waals surface area contributed by atoms with Crippen LogP contribution in [0.1, 0.15) is 26.2 Å². The van der Waals surface area contributed by atoms with Gasteiger partial charge in [0.2, 0.25) is 0 Å². The van der Waals surface area contributed by atoms with Crippen LogP contribution in [0.25, 0.3) is 0 Å². The summed E-state index contributed by atoms with van der Waals surface area (Å²) in [6, 6.07) is 0. The average Bonchev–Trinajstić information content (AvgIpc) is 2.21. The lowest BCUT2D eigenvalue weighted by Crippen LogP contribution is -2.58. The predicted octanol–water partition coefficient (Wildman–Crippen LogP) is 0.492. The van der Waals surface area contributed by atoms with Crippen LogP contribution < -0.4 is 0 Å². The standard InChI is InChI=1S/C12H22N2O3/c1-5-17-11(16)10(15)14(4)9-12(13(2)3)7-6-8-12/h5-9H2,1-4H3. The molecule has 0 bridgehead atoms. The fourth-order valence-electron chi connectivity index (χ4n) is 2.19. The Labute approximate surface area is 103 Å². The van der Waals surface area contributed by atoms with Gasteiger partial charge in [0.1, 0.15) is 0 Å². The second-order valence-electron chi connectivity index (χ2n) is 4.85. The third-order valence-corrected chi connectivity index (χ3v) is 3.56. The lowest BCUT2D eigenvalue weighted by Gasteiger charge is -2.49. The molecule has 0 aromatic heterocycles. The molecule has 1 amide bonds. The summed E-state index contributed by atoms with van der Waals surface area (Å²) in [5.41, 5.74) is 0.0386. The number of likely N-dealkylation sites (N-methyl/N-ethyl adjacent to an activating group) is 2. The summed E-state index contributed by atoms with van der Waals surface area (Å²) in [5.74, 6) is -1.32. The second kappa shape index (κ2) is 5.49. The number of ether oxygens (including phenoxy) is 1. The zero-order valence-corrected chi connectivity index (χ0v) is 11.2. The van der Waals surface area contributed by atoms with E-state index in [1.807, 2.05) is 14.1 Å². The summed E-state index contributed by atoms with van der Waals surface area (Å²) in [4.78, 5) is 26.6. The van der Waals surface area contributed by atoms with Crippen LogP contribution in [-0.2, 0) is 14.3 Å². The van der Waals surface area contributed by atoms with E-state index >= 15 is 0 Å². The van der Waals surface area contributed by atoms with Crippen LogP contribution in [0.2, 0.25) is 0 Å². The van der Waals surface area contributed by atoms with Crippen molar-refractivity contribution in [3.8, 4) is 0 Å². The summed E-state index contributed by atoms with van der Waals surface area (Å²) >= 11 is 0. The zero-order valence-electron chi connectivity index (χ0n) is 11.2. The molecule has 0 unspecified atom stereocenters. The highest BCUT2D eigenvalue weighted by atomic mass is 16.5. The maximum absolute atomic E-state index is 11.7. The first-order valence-corrected chi connectivity index (χ1v) is 6.02. The molecule has 1 aliphatic rings. The highest BCUT2D eigenvalue weighted by Gasteiger charge is 2.41. The smallest absolute Gasteiger partial charge is 0.396 e. The van der Waals surface area contributed by atoms with Crippen LogP contribution in [0.5, 0.6) is 0 Å². The Bertz CT molecular complexity index is 298. The molecule has 0 saturated heterocycles. The Balaban J connectivity index is 2.56. The molecule has 0 aromatic carbocycles. The Morgan fingerprint density at radius 3 is 2.18 bits per heavy atom. The lowest BCUT2D eigenvalue weighted by atomic mass is 9.75. The van der Waals surface area contributed by atoms with Crippen LogP contribution in [0, 0.1) is 0 Å². The molecule has 98 valence electrons. The van der Waals surface area contributed by atoms with Crippen molar-refractivity contribution in [2.24, 2.45) is 0 Å². The van der Waals surface area contributed by atoms with Crippen molar-refractivity contribution in [3.05, 3.63) is 0 Å². The minimum absolute atomic E-state index is 0.0386. The first kappa shape index (κ1) is 14.0. The maximum Gasteiger partial charge on any atom is 0.396 e. The van der Waals surface area contributed by atoms with Crippen LogP contribution in [0.3, 0.4) is 0 Å². The maximum atomic E-state index is 11.7. The van der Waals surface area contributed by atoms with Gasteiger partial charge in [-0.3, -0.25) is 4.79 Å². The van der Waals surface area contributed by atoms with E-state index in [0.29, 0.717) is 6.54 Å². The third kappa shape index (κ3) is 2.97. The topological polar surface area (TPSA) is 49.9 Å². The molecule has 0 N–H and O–H groups in total. The monoisotopic (exact) mass is 242 g/mol. The highest BCUT2D eigenvalue weighted by Crippen LogP contribution is 2.36. The number of hydrogen-bond donors (Lipinski definition) is 0. The normalized spacial score (nSPS) is 17.5. The summed E-state index contributed by atoms with van der Waals surface area (Å²) in [6.45, 7) is 2.51. The van der Waals surface area contributed by atoms with Gasteiger partial charge in [0, 0.05) is 19.1 Å². The minimum atomic E-state index is -0.761. The molecule has 1 aliphatic carbocycles. The minimum Gasteiger partial charge on any atom is -0.459 e. The molecule has 1 rings (SSSR count). The average molecular weight is 242 g/mol. The first-order valence-electron chi connectivity index (χ1n) is 6.02. The molecule has 1 saturated carbocycles. The van der Waals surface area contributed by atoms with E-state index in [4.69, 9.17) is 4.74 Å². The molecule has 5 nitrogen and oxygen atoms in total. The van der Waals surface area contributed by atoms with E-state index in [2.05, 4.69) is 4.90 Å². The van der Waals surface area contributed by atoms with Gasteiger partial charge >= 0.3 is 11.9 Å². The van der Waals surface area contributed by atoms with Gasteiger partial charge in [-0.1, -0.05) is 0 Å². The van der Waals surface area contributed by atoms with Crippen LogP contribution in [0.15, 0.2) is 0 Å². The van der Waals surface area contributed by atoms with Gasteiger partial charge in [-0.05, 0) is 40.3 Å². The van der Waals surface area contributed by atoms with Gasteiger partial charge in [-0.25, -0.2) is 4.79 Å². The highest BCUT2D eigenvalue weighted by molar-refractivity contribution is 6.32. The van der Waals surface area contributed by atoms with E-state index in [-0.39, 0.29) is 12.1 Å². The second-order valence-corrected chi connectivity index (χ2v) is 4.85. The van der Waals surface area contributed by atoms with Gasteiger partial charge < -0.3 is 14.5 Å². The Morgan fingerprint density at radius 1 is 1.24 bits per heavy atom. The van der Waals surface area contributed by atoms with Gasteiger partial charge in [-0.15, -0.1) is 0 Å². The number of esters is 1. The fourth-order valence-corrected chi connectivity index (χ4v) is 2.19. The Kier molecular flexibility index (Phi) is 4.51. The predicted molar refractivity (Wildman–Crippen MR) is 64.5 cm³/mol. The van der Waals surface area contributed by atoms with Crippen LogP contribution in [0.4, 0.5) is 0 Å². The summed E-state index contributed by atoms with van der Waals surface area (Å²) in [5, 5.41) is 0. The number of rotatable bonds is 4. The van der Waals surface area contributed by atoms with Crippen LogP contribution in [-0.4, -0.2) is 61.5 Å². The van der Waals surface area contributed by atoms with Crippen molar-refractivity contribution >= 4 is 11.9 Å². The molecular weight excluding hydrogens is 220 g/mol. The molecule has 5 heteroatoms. The van der Waals surface area contributed by atoms with Gasteiger partial charge in [0.15, 0.2) is 0 Å². The van der Waals surface area contributed by atoms with E-state index in [9.17, 15) is 9.59 Å².